The molecule has 0 bridgehead atoms. The molecule has 3 aromatic heterocycles. The number of imidazole rings is 1. The number of hydrogen-bond acceptors (Lipinski definition) is 3. The largest absolute Gasteiger partial charge is 0.343 e. The number of hydrogen-bond donors (Lipinski definition) is 1. The number of amides is 1. The molecule has 0 aliphatic rings. The quantitative estimate of drug-likeness (QED) is 0.606. The van der Waals surface area contributed by atoms with Gasteiger partial charge in [0.05, 0.1) is 24.0 Å². The van der Waals surface area contributed by atoms with Crippen LogP contribution in [0.15, 0.2) is 54.9 Å². The number of nitrogens with one attached hydrogen (secondary N) is 1. The van der Waals surface area contributed by atoms with Crippen molar-refractivity contribution in [3.8, 4) is 11.3 Å². The van der Waals surface area contributed by atoms with Gasteiger partial charge in [-0.15, -0.1) is 0 Å². The number of fused-ring (bicyclic) bond motifs is 1. The molecule has 1 aromatic carbocycles. The van der Waals surface area contributed by atoms with Gasteiger partial charge in [0.15, 0.2) is 5.69 Å². The van der Waals surface area contributed by atoms with Gasteiger partial charge in [-0.05, 0) is 48.9 Å². The van der Waals surface area contributed by atoms with Crippen LogP contribution in [-0.4, -0.2) is 25.1 Å². The van der Waals surface area contributed by atoms with E-state index in [1.807, 2.05) is 28.8 Å². The molecule has 0 unspecified atom stereocenters. The Morgan fingerprint density at radius 3 is 2.89 bits per heavy atom. The molecule has 0 aliphatic heterocycles. The molecule has 27 heavy (non-hydrogen) atoms. The van der Waals surface area contributed by atoms with Crippen LogP contribution in [0.2, 0.25) is 0 Å². The van der Waals surface area contributed by atoms with Gasteiger partial charge in [0.2, 0.25) is 0 Å². The van der Waals surface area contributed by atoms with Crippen molar-refractivity contribution >= 4 is 11.4 Å². The van der Waals surface area contributed by atoms with Crippen LogP contribution in [0.25, 0.3) is 16.8 Å². The zero-order valence-corrected chi connectivity index (χ0v) is 15.0. The van der Waals surface area contributed by atoms with Gasteiger partial charge in [-0.25, -0.2) is 9.37 Å². The summed E-state index contributed by atoms with van der Waals surface area (Å²) in [4.78, 5) is 16.8. The number of nitrogens with zero attached hydrogens (tertiary/aromatic N) is 4. The standard InChI is InChI=1S/C20H18FN5O/c1-13-9-14(6-7-16(13)21)18-10-17(24-25(18)2)20(27)23-12-19-22-11-15-5-3-4-8-26(15)19/h3-11H,12H2,1-2H3,(H,23,27). The van der Waals surface area contributed by atoms with E-state index in [1.165, 1.54) is 6.07 Å². The number of carbonyl (C=O) groups excluding carboxylic acids is 1. The van der Waals surface area contributed by atoms with E-state index in [0.29, 0.717) is 17.8 Å². The fraction of sp³-hybridized carbons (Fsp3) is 0.150. The number of rotatable bonds is 4. The summed E-state index contributed by atoms with van der Waals surface area (Å²) in [6.07, 6.45) is 3.66. The van der Waals surface area contributed by atoms with E-state index in [-0.39, 0.29) is 11.7 Å². The Morgan fingerprint density at radius 2 is 2.07 bits per heavy atom. The summed E-state index contributed by atoms with van der Waals surface area (Å²) in [6, 6.07) is 12.3. The van der Waals surface area contributed by atoms with E-state index in [4.69, 9.17) is 0 Å². The zero-order chi connectivity index (χ0) is 19.0. The fourth-order valence-corrected chi connectivity index (χ4v) is 3.03. The van der Waals surface area contributed by atoms with Crippen LogP contribution in [0.3, 0.4) is 0 Å². The Hall–Kier alpha value is -3.48. The normalized spacial score (nSPS) is 11.1. The predicted molar refractivity (Wildman–Crippen MR) is 99.7 cm³/mol. The van der Waals surface area contributed by atoms with Crippen molar-refractivity contribution in [3.63, 3.8) is 0 Å². The lowest BCUT2D eigenvalue weighted by Crippen LogP contribution is -2.24. The molecule has 0 saturated carbocycles. The van der Waals surface area contributed by atoms with Crippen molar-refractivity contribution in [1.82, 2.24) is 24.5 Å². The molecule has 1 amide bonds. The number of aryl methyl sites for hydroxylation is 2. The van der Waals surface area contributed by atoms with Gasteiger partial charge < -0.3 is 9.72 Å². The van der Waals surface area contributed by atoms with Crippen LogP contribution in [0.1, 0.15) is 21.9 Å². The van der Waals surface area contributed by atoms with E-state index in [0.717, 1.165) is 22.6 Å². The van der Waals surface area contributed by atoms with Crippen molar-refractivity contribution in [2.24, 2.45) is 7.05 Å². The molecule has 0 radical (unpaired) electrons. The lowest BCUT2D eigenvalue weighted by atomic mass is 10.1. The van der Waals surface area contributed by atoms with Gasteiger partial charge in [-0.2, -0.15) is 5.10 Å². The Kier molecular flexibility index (Phi) is 4.19. The second-order valence-electron chi connectivity index (χ2n) is 6.35. The highest BCUT2D eigenvalue weighted by Crippen LogP contribution is 2.22. The third-order valence-electron chi connectivity index (χ3n) is 4.49. The molecule has 1 N–H and O–H groups in total. The van der Waals surface area contributed by atoms with Crippen LogP contribution in [0.5, 0.6) is 0 Å². The lowest BCUT2D eigenvalue weighted by Gasteiger charge is -2.03. The van der Waals surface area contributed by atoms with Crippen molar-refractivity contribution in [1.29, 1.82) is 0 Å². The first-order chi connectivity index (χ1) is 13.0. The van der Waals surface area contributed by atoms with E-state index < -0.39 is 0 Å². The SMILES string of the molecule is Cc1cc(-c2cc(C(=O)NCc3ncc4ccccn34)nn2C)ccc1F. The summed E-state index contributed by atoms with van der Waals surface area (Å²) < 4.78 is 17.0. The van der Waals surface area contributed by atoms with Crippen molar-refractivity contribution in [2.45, 2.75) is 13.5 Å². The first kappa shape index (κ1) is 17.0. The minimum atomic E-state index is -0.289. The van der Waals surface area contributed by atoms with Gasteiger partial charge in [-0.1, -0.05) is 6.07 Å². The summed E-state index contributed by atoms with van der Waals surface area (Å²) in [5, 5.41) is 7.13. The zero-order valence-electron chi connectivity index (χ0n) is 15.0. The number of aromatic nitrogens is 4. The van der Waals surface area contributed by atoms with E-state index >= 15 is 0 Å². The Bertz CT molecular complexity index is 1140. The molecule has 0 saturated heterocycles. The van der Waals surface area contributed by atoms with E-state index in [1.54, 1.807) is 43.0 Å². The van der Waals surface area contributed by atoms with Crippen LogP contribution < -0.4 is 5.32 Å². The van der Waals surface area contributed by atoms with Gasteiger partial charge >= 0.3 is 0 Å². The van der Waals surface area contributed by atoms with Gasteiger partial charge in [0.25, 0.3) is 5.91 Å². The molecule has 6 nitrogen and oxygen atoms in total. The number of pyridine rings is 1. The van der Waals surface area contributed by atoms with Crippen LogP contribution in [0.4, 0.5) is 4.39 Å². The maximum atomic E-state index is 13.5. The average Bonchev–Trinajstić information content (AvgIpc) is 3.26. The molecule has 4 rings (SSSR count). The third kappa shape index (κ3) is 3.19. The Labute approximate surface area is 155 Å². The molecule has 4 aromatic rings. The van der Waals surface area contributed by atoms with Crippen LogP contribution in [0, 0.1) is 12.7 Å². The summed E-state index contributed by atoms with van der Waals surface area (Å²) in [7, 11) is 1.76. The van der Waals surface area contributed by atoms with Gasteiger partial charge in [-0.3, -0.25) is 9.48 Å². The first-order valence-electron chi connectivity index (χ1n) is 8.52. The highest BCUT2D eigenvalue weighted by Gasteiger charge is 2.15. The number of halogens is 1. The van der Waals surface area contributed by atoms with E-state index in [9.17, 15) is 9.18 Å². The maximum absolute atomic E-state index is 13.5. The minimum absolute atomic E-state index is 0.259. The van der Waals surface area contributed by atoms with E-state index in [2.05, 4.69) is 15.4 Å². The average molecular weight is 363 g/mol. The second-order valence-corrected chi connectivity index (χ2v) is 6.35. The minimum Gasteiger partial charge on any atom is -0.343 e. The molecule has 0 aliphatic carbocycles. The van der Waals surface area contributed by atoms with Crippen molar-refractivity contribution < 1.29 is 9.18 Å². The molecule has 7 heteroatoms. The first-order valence-corrected chi connectivity index (χ1v) is 8.52. The summed E-state index contributed by atoms with van der Waals surface area (Å²) >= 11 is 0. The Balaban J connectivity index is 1.53. The molecule has 0 fully saturated rings. The number of carbonyl (C=O) groups is 1. The monoisotopic (exact) mass is 363 g/mol. The molecule has 0 spiro atoms. The third-order valence-corrected chi connectivity index (χ3v) is 4.49. The van der Waals surface area contributed by atoms with Crippen LogP contribution >= 0.6 is 0 Å². The second kappa shape index (κ2) is 6.68. The van der Waals surface area contributed by atoms with Crippen molar-refractivity contribution in [2.75, 3.05) is 0 Å². The van der Waals surface area contributed by atoms with Gasteiger partial charge in [0, 0.05) is 18.8 Å². The fourth-order valence-electron chi connectivity index (χ4n) is 3.03. The molecular weight excluding hydrogens is 345 g/mol. The smallest absolute Gasteiger partial charge is 0.272 e. The van der Waals surface area contributed by atoms with Gasteiger partial charge in [0.1, 0.15) is 11.6 Å². The van der Waals surface area contributed by atoms with Crippen molar-refractivity contribution in [3.05, 3.63) is 77.8 Å². The Morgan fingerprint density at radius 1 is 1.22 bits per heavy atom. The molecule has 136 valence electrons. The summed E-state index contributed by atoms with van der Waals surface area (Å²) in [5.74, 6) is 0.193. The number of benzene rings is 1. The summed E-state index contributed by atoms with van der Waals surface area (Å²) in [6.45, 7) is 2.00. The lowest BCUT2D eigenvalue weighted by molar-refractivity contribution is 0.0944. The molecule has 0 atom stereocenters. The highest BCUT2D eigenvalue weighted by atomic mass is 19.1. The summed E-state index contributed by atoms with van der Waals surface area (Å²) in [5.41, 5.74) is 3.37. The topological polar surface area (TPSA) is 64.2 Å². The highest BCUT2D eigenvalue weighted by molar-refractivity contribution is 5.93. The molecule has 3 heterocycles. The molecular formula is C20H18FN5O. The van der Waals surface area contributed by atoms with Crippen LogP contribution in [-0.2, 0) is 13.6 Å². The predicted octanol–water partition coefficient (Wildman–Crippen LogP) is 3.11. The maximum Gasteiger partial charge on any atom is 0.272 e.